The fourth-order valence-corrected chi connectivity index (χ4v) is 5.44. The Kier molecular flexibility index (Phi) is 5.63. The Bertz CT molecular complexity index is 966. The third kappa shape index (κ3) is 3.98. The molecule has 164 valence electrons. The predicted molar refractivity (Wildman–Crippen MR) is 116 cm³/mol. The molecule has 0 radical (unpaired) electrons. The minimum absolute atomic E-state index is 0.0471. The Hall–Kier alpha value is -2.69. The summed E-state index contributed by atoms with van der Waals surface area (Å²) in [6.07, 6.45) is 5.61. The van der Waals surface area contributed by atoms with Crippen molar-refractivity contribution in [1.29, 1.82) is 5.26 Å². The van der Waals surface area contributed by atoms with Crippen molar-refractivity contribution in [3.63, 3.8) is 0 Å². The zero-order chi connectivity index (χ0) is 22.3. The number of nitriles is 1. The van der Waals surface area contributed by atoms with Gasteiger partial charge >= 0.3 is 0 Å². The topological polar surface area (TPSA) is 96.7 Å². The second-order valence-corrected chi connectivity index (χ2v) is 9.51. The van der Waals surface area contributed by atoms with Crippen molar-refractivity contribution in [2.24, 2.45) is 11.3 Å². The standard InChI is InChI=1S/C24H30N4O3/c1-15-10-18(11-16(2)20(15)13-25)17-4-8-28(9-5-17)23(30)21-19(22(29)26-31)12-24(6-7-24)14-27(21)3/h4,10-11,19,21,31H,5-9,12,14H2,1-3H3,(H,26,29). The molecule has 1 saturated carbocycles. The summed E-state index contributed by atoms with van der Waals surface area (Å²) in [6, 6.07) is 5.79. The van der Waals surface area contributed by atoms with Crippen LogP contribution < -0.4 is 5.48 Å². The first-order chi connectivity index (χ1) is 14.8. The average Bonchev–Trinajstić information content (AvgIpc) is 3.50. The summed E-state index contributed by atoms with van der Waals surface area (Å²) in [6.45, 7) is 5.80. The molecule has 2 amide bonds. The van der Waals surface area contributed by atoms with Gasteiger partial charge in [-0.2, -0.15) is 5.26 Å². The van der Waals surface area contributed by atoms with E-state index in [2.05, 4.69) is 12.1 Å². The summed E-state index contributed by atoms with van der Waals surface area (Å²) in [7, 11) is 1.91. The van der Waals surface area contributed by atoms with Crippen molar-refractivity contribution < 1.29 is 14.8 Å². The Morgan fingerprint density at radius 3 is 2.45 bits per heavy atom. The van der Waals surface area contributed by atoms with Gasteiger partial charge in [0.2, 0.25) is 11.8 Å². The molecular formula is C24H30N4O3. The summed E-state index contributed by atoms with van der Waals surface area (Å²) in [5.74, 6) is -1.05. The third-order valence-electron chi connectivity index (χ3n) is 7.29. The second-order valence-electron chi connectivity index (χ2n) is 9.51. The van der Waals surface area contributed by atoms with Crippen molar-refractivity contribution in [1.82, 2.24) is 15.3 Å². The lowest BCUT2D eigenvalue weighted by Crippen LogP contribution is -2.59. The molecule has 7 heteroatoms. The van der Waals surface area contributed by atoms with Gasteiger partial charge in [0.25, 0.3) is 0 Å². The summed E-state index contributed by atoms with van der Waals surface area (Å²) in [4.78, 5) is 29.6. The van der Waals surface area contributed by atoms with Gasteiger partial charge in [0.15, 0.2) is 0 Å². The minimum atomic E-state index is -0.548. The number of amides is 2. The first kappa shape index (κ1) is 21.5. The SMILES string of the molecule is Cc1cc(C2=CCN(C(=O)C3C(C(=O)NO)CC4(CC4)CN3C)CC2)cc(C)c1C#N. The zero-order valence-corrected chi connectivity index (χ0v) is 18.4. The van der Waals surface area contributed by atoms with E-state index in [1.165, 1.54) is 5.57 Å². The Morgan fingerprint density at radius 2 is 1.94 bits per heavy atom. The number of nitrogens with zero attached hydrogens (tertiary/aromatic N) is 3. The number of likely N-dealkylation sites (tertiary alicyclic amines) is 1. The van der Waals surface area contributed by atoms with E-state index >= 15 is 0 Å². The Balaban J connectivity index is 1.51. The fourth-order valence-electron chi connectivity index (χ4n) is 5.44. The molecule has 31 heavy (non-hydrogen) atoms. The van der Waals surface area contributed by atoms with E-state index in [0.29, 0.717) is 19.5 Å². The van der Waals surface area contributed by atoms with Gasteiger partial charge < -0.3 is 4.90 Å². The number of nitrogens with one attached hydrogen (secondary N) is 1. The van der Waals surface area contributed by atoms with Crippen molar-refractivity contribution in [3.8, 4) is 6.07 Å². The molecule has 1 aliphatic carbocycles. The van der Waals surface area contributed by atoms with Gasteiger partial charge in [0.1, 0.15) is 6.04 Å². The third-order valence-corrected chi connectivity index (χ3v) is 7.29. The van der Waals surface area contributed by atoms with Gasteiger partial charge in [0.05, 0.1) is 17.6 Å². The maximum atomic E-state index is 13.4. The lowest BCUT2D eigenvalue weighted by atomic mass is 9.80. The molecule has 2 aliphatic heterocycles. The first-order valence-corrected chi connectivity index (χ1v) is 10.9. The van der Waals surface area contributed by atoms with Crippen LogP contribution in [-0.2, 0) is 9.59 Å². The van der Waals surface area contributed by atoms with Crippen LogP contribution in [0.15, 0.2) is 18.2 Å². The first-order valence-electron chi connectivity index (χ1n) is 10.9. The van der Waals surface area contributed by atoms with E-state index in [4.69, 9.17) is 0 Å². The summed E-state index contributed by atoms with van der Waals surface area (Å²) >= 11 is 0. The summed E-state index contributed by atoms with van der Waals surface area (Å²) < 4.78 is 0. The summed E-state index contributed by atoms with van der Waals surface area (Å²) in [5.41, 5.74) is 6.85. The van der Waals surface area contributed by atoms with Gasteiger partial charge in [-0.05, 0) is 74.3 Å². The molecular weight excluding hydrogens is 392 g/mol. The molecule has 2 atom stereocenters. The van der Waals surface area contributed by atoms with Crippen molar-refractivity contribution in [2.45, 2.75) is 45.6 Å². The molecule has 2 fully saturated rings. The van der Waals surface area contributed by atoms with Crippen molar-refractivity contribution >= 4 is 17.4 Å². The van der Waals surface area contributed by atoms with Gasteiger partial charge in [0, 0.05) is 19.6 Å². The van der Waals surface area contributed by atoms with E-state index in [-0.39, 0.29) is 11.3 Å². The highest BCUT2D eigenvalue weighted by atomic mass is 16.5. The molecule has 2 unspecified atom stereocenters. The number of carbonyl (C=O) groups is 2. The number of rotatable bonds is 3. The molecule has 4 rings (SSSR count). The molecule has 7 nitrogen and oxygen atoms in total. The Morgan fingerprint density at radius 1 is 1.26 bits per heavy atom. The number of likely N-dealkylation sites (N-methyl/N-ethyl adjacent to an activating group) is 1. The quantitative estimate of drug-likeness (QED) is 0.576. The smallest absolute Gasteiger partial charge is 0.248 e. The maximum absolute atomic E-state index is 13.4. The van der Waals surface area contributed by atoms with Crippen LogP contribution in [0.5, 0.6) is 0 Å². The average molecular weight is 423 g/mol. The molecule has 1 saturated heterocycles. The highest BCUT2D eigenvalue weighted by Gasteiger charge is 2.55. The van der Waals surface area contributed by atoms with E-state index in [1.54, 1.807) is 5.48 Å². The molecule has 2 N–H and O–H groups in total. The van der Waals surface area contributed by atoms with Crippen LogP contribution in [0.4, 0.5) is 0 Å². The number of benzene rings is 1. The van der Waals surface area contributed by atoms with Crippen LogP contribution in [0, 0.1) is 36.5 Å². The normalized spacial score (nSPS) is 25.0. The zero-order valence-electron chi connectivity index (χ0n) is 18.4. The largest absolute Gasteiger partial charge is 0.337 e. The lowest BCUT2D eigenvalue weighted by Gasteiger charge is -2.43. The highest BCUT2D eigenvalue weighted by Crippen LogP contribution is 2.54. The van der Waals surface area contributed by atoms with Gasteiger partial charge in [-0.25, -0.2) is 5.48 Å². The number of hydrogen-bond donors (Lipinski definition) is 2. The fraction of sp³-hybridized carbons (Fsp3) is 0.542. The van der Waals surface area contributed by atoms with Gasteiger partial charge in [-0.3, -0.25) is 19.7 Å². The summed E-state index contributed by atoms with van der Waals surface area (Å²) in [5, 5.41) is 18.5. The highest BCUT2D eigenvalue weighted by molar-refractivity contribution is 5.90. The molecule has 1 aromatic carbocycles. The number of carbonyl (C=O) groups excluding carboxylic acids is 2. The minimum Gasteiger partial charge on any atom is -0.337 e. The van der Waals surface area contributed by atoms with Crippen LogP contribution in [-0.4, -0.2) is 59.5 Å². The van der Waals surface area contributed by atoms with Crippen LogP contribution >= 0.6 is 0 Å². The Labute approximate surface area is 183 Å². The molecule has 2 heterocycles. The molecule has 0 bridgehead atoms. The van der Waals surface area contributed by atoms with Crippen molar-refractivity contribution in [3.05, 3.63) is 40.5 Å². The number of hydrogen-bond acceptors (Lipinski definition) is 5. The number of piperidine rings is 1. The van der Waals surface area contributed by atoms with Crippen LogP contribution in [0.3, 0.4) is 0 Å². The van der Waals surface area contributed by atoms with E-state index in [0.717, 1.165) is 48.1 Å². The molecule has 1 aromatic rings. The maximum Gasteiger partial charge on any atom is 0.248 e. The van der Waals surface area contributed by atoms with Crippen molar-refractivity contribution in [2.75, 3.05) is 26.7 Å². The number of hydroxylamine groups is 1. The van der Waals surface area contributed by atoms with Crippen LogP contribution in [0.1, 0.15) is 47.9 Å². The van der Waals surface area contributed by atoms with Gasteiger partial charge in [-0.15, -0.1) is 0 Å². The van der Waals surface area contributed by atoms with Crippen LogP contribution in [0.25, 0.3) is 5.57 Å². The predicted octanol–water partition coefficient (Wildman–Crippen LogP) is 2.40. The van der Waals surface area contributed by atoms with Gasteiger partial charge in [-0.1, -0.05) is 18.2 Å². The van der Waals surface area contributed by atoms with E-state index < -0.39 is 17.9 Å². The number of aryl methyl sites for hydroxylation is 2. The van der Waals surface area contributed by atoms with E-state index in [9.17, 15) is 20.1 Å². The monoisotopic (exact) mass is 422 g/mol. The lowest BCUT2D eigenvalue weighted by molar-refractivity contribution is -0.150. The van der Waals surface area contributed by atoms with Crippen LogP contribution in [0.2, 0.25) is 0 Å². The van der Waals surface area contributed by atoms with E-state index in [1.807, 2.05) is 42.8 Å². The molecule has 3 aliphatic rings. The molecule has 1 spiro atoms. The molecule has 0 aromatic heterocycles. The second kappa shape index (κ2) is 8.10.